The van der Waals surface area contributed by atoms with E-state index in [1.54, 1.807) is 11.8 Å². The number of ether oxygens (including phenoxy) is 1. The topological polar surface area (TPSA) is 53.1 Å². The number of hydrogen-bond donors (Lipinski definition) is 1. The van der Waals surface area contributed by atoms with Crippen molar-refractivity contribution >= 4 is 0 Å². The van der Waals surface area contributed by atoms with Gasteiger partial charge in [0.1, 0.15) is 0 Å². The summed E-state index contributed by atoms with van der Waals surface area (Å²) in [6, 6.07) is 0. The summed E-state index contributed by atoms with van der Waals surface area (Å²) in [5.74, 6) is 0.794. The van der Waals surface area contributed by atoms with Gasteiger partial charge in [-0.15, -0.1) is 0 Å². The van der Waals surface area contributed by atoms with Gasteiger partial charge in [-0.1, -0.05) is 0 Å². The molecule has 0 saturated heterocycles. The molecule has 2 rings (SSSR count). The lowest BCUT2D eigenvalue weighted by atomic mass is 9.73. The van der Waals surface area contributed by atoms with Crippen LogP contribution in [0.2, 0.25) is 0 Å². The SMILES string of the molecule is COc1c(C2(N)CCC2)cnn1C. The Morgan fingerprint density at radius 1 is 1.62 bits per heavy atom. The molecule has 0 aliphatic heterocycles. The Hall–Kier alpha value is -1.03. The van der Waals surface area contributed by atoms with Gasteiger partial charge >= 0.3 is 0 Å². The minimum absolute atomic E-state index is 0.181. The first-order valence-corrected chi connectivity index (χ1v) is 4.53. The molecule has 0 atom stereocenters. The van der Waals surface area contributed by atoms with Crippen molar-refractivity contribution in [3.8, 4) is 5.88 Å². The van der Waals surface area contributed by atoms with Crippen LogP contribution in [-0.4, -0.2) is 16.9 Å². The largest absolute Gasteiger partial charge is 0.481 e. The molecule has 1 fully saturated rings. The van der Waals surface area contributed by atoms with Crippen molar-refractivity contribution in [1.29, 1.82) is 0 Å². The average Bonchev–Trinajstić information content (AvgIpc) is 2.42. The van der Waals surface area contributed by atoms with E-state index in [1.165, 1.54) is 6.42 Å². The summed E-state index contributed by atoms with van der Waals surface area (Å²) in [6.07, 6.45) is 5.09. The molecular formula is C9H15N3O. The molecule has 1 aliphatic rings. The quantitative estimate of drug-likeness (QED) is 0.733. The molecule has 0 radical (unpaired) electrons. The highest BCUT2D eigenvalue weighted by atomic mass is 16.5. The number of nitrogens with zero attached hydrogens (tertiary/aromatic N) is 2. The first-order valence-electron chi connectivity index (χ1n) is 4.53. The van der Waals surface area contributed by atoms with Crippen LogP contribution in [0.4, 0.5) is 0 Å². The van der Waals surface area contributed by atoms with Gasteiger partial charge in [-0.3, -0.25) is 0 Å². The Morgan fingerprint density at radius 3 is 2.77 bits per heavy atom. The lowest BCUT2D eigenvalue weighted by Gasteiger charge is -2.37. The minimum atomic E-state index is -0.181. The smallest absolute Gasteiger partial charge is 0.216 e. The molecular weight excluding hydrogens is 166 g/mol. The van der Waals surface area contributed by atoms with Crippen LogP contribution in [0.15, 0.2) is 6.20 Å². The van der Waals surface area contributed by atoms with Crippen LogP contribution < -0.4 is 10.5 Å². The summed E-state index contributed by atoms with van der Waals surface area (Å²) >= 11 is 0. The molecule has 0 aromatic carbocycles. The second-order valence-corrected chi connectivity index (χ2v) is 3.70. The Bertz CT molecular complexity index is 315. The first-order chi connectivity index (χ1) is 6.17. The van der Waals surface area contributed by atoms with Crippen LogP contribution in [0.3, 0.4) is 0 Å². The predicted molar refractivity (Wildman–Crippen MR) is 49.5 cm³/mol. The van der Waals surface area contributed by atoms with Gasteiger partial charge in [0, 0.05) is 12.6 Å². The molecule has 1 aromatic heterocycles. The van der Waals surface area contributed by atoms with E-state index in [0.29, 0.717) is 0 Å². The number of rotatable bonds is 2. The fourth-order valence-corrected chi connectivity index (χ4v) is 1.84. The second-order valence-electron chi connectivity index (χ2n) is 3.70. The summed E-state index contributed by atoms with van der Waals surface area (Å²) < 4.78 is 6.98. The standard InChI is InChI=1S/C9H15N3O/c1-12-8(13-2)7(6-11-12)9(10)4-3-5-9/h6H,3-5,10H2,1-2H3. The summed E-state index contributed by atoms with van der Waals surface area (Å²) in [4.78, 5) is 0. The van der Waals surface area contributed by atoms with Gasteiger partial charge in [0.25, 0.3) is 0 Å². The summed E-state index contributed by atoms with van der Waals surface area (Å²) in [6.45, 7) is 0. The van der Waals surface area contributed by atoms with E-state index in [4.69, 9.17) is 10.5 Å². The maximum atomic E-state index is 6.18. The van der Waals surface area contributed by atoms with Gasteiger partial charge in [-0.05, 0) is 19.3 Å². The van der Waals surface area contributed by atoms with E-state index in [2.05, 4.69) is 5.10 Å². The third-order valence-electron chi connectivity index (χ3n) is 2.86. The van der Waals surface area contributed by atoms with Crippen LogP contribution in [0, 0.1) is 0 Å². The van der Waals surface area contributed by atoms with Crippen LogP contribution in [0.25, 0.3) is 0 Å². The maximum Gasteiger partial charge on any atom is 0.216 e. The number of nitrogens with two attached hydrogens (primary N) is 1. The number of aromatic nitrogens is 2. The highest BCUT2D eigenvalue weighted by Crippen LogP contribution is 2.42. The highest BCUT2D eigenvalue weighted by Gasteiger charge is 2.38. The Kier molecular flexibility index (Phi) is 1.80. The van der Waals surface area contributed by atoms with E-state index in [-0.39, 0.29) is 5.54 Å². The lowest BCUT2D eigenvalue weighted by molar-refractivity contribution is 0.241. The summed E-state index contributed by atoms with van der Waals surface area (Å²) in [5.41, 5.74) is 7.04. The number of methoxy groups -OCH3 is 1. The Morgan fingerprint density at radius 2 is 2.31 bits per heavy atom. The zero-order chi connectivity index (χ0) is 9.47. The first kappa shape index (κ1) is 8.56. The van der Waals surface area contributed by atoms with E-state index in [0.717, 1.165) is 24.3 Å². The third kappa shape index (κ3) is 1.13. The van der Waals surface area contributed by atoms with Gasteiger partial charge in [0.15, 0.2) is 0 Å². The Balaban J connectivity index is 2.39. The monoisotopic (exact) mass is 181 g/mol. The Labute approximate surface area is 77.7 Å². The second kappa shape index (κ2) is 2.73. The van der Waals surface area contributed by atoms with Crippen LogP contribution in [0.5, 0.6) is 5.88 Å². The zero-order valence-electron chi connectivity index (χ0n) is 8.08. The molecule has 4 nitrogen and oxygen atoms in total. The molecule has 1 saturated carbocycles. The highest BCUT2D eigenvalue weighted by molar-refractivity contribution is 5.33. The third-order valence-corrected chi connectivity index (χ3v) is 2.86. The van der Waals surface area contributed by atoms with Crippen LogP contribution in [0.1, 0.15) is 24.8 Å². The van der Waals surface area contributed by atoms with Gasteiger partial charge in [-0.25, -0.2) is 4.68 Å². The molecule has 0 spiro atoms. The minimum Gasteiger partial charge on any atom is -0.481 e. The van der Waals surface area contributed by atoms with Gasteiger partial charge in [0.05, 0.1) is 18.9 Å². The van der Waals surface area contributed by atoms with Crippen LogP contribution in [-0.2, 0) is 12.6 Å². The molecule has 1 aromatic rings. The van der Waals surface area contributed by atoms with Crippen molar-refractivity contribution < 1.29 is 4.74 Å². The van der Waals surface area contributed by atoms with E-state index in [9.17, 15) is 0 Å². The molecule has 0 bridgehead atoms. The van der Waals surface area contributed by atoms with E-state index >= 15 is 0 Å². The lowest BCUT2D eigenvalue weighted by Crippen LogP contribution is -2.43. The van der Waals surface area contributed by atoms with Crippen LogP contribution >= 0.6 is 0 Å². The van der Waals surface area contributed by atoms with E-state index in [1.807, 2.05) is 13.2 Å². The molecule has 1 aliphatic carbocycles. The maximum absolute atomic E-state index is 6.18. The molecule has 4 heteroatoms. The van der Waals surface area contributed by atoms with Crippen molar-refractivity contribution in [2.24, 2.45) is 12.8 Å². The zero-order valence-corrected chi connectivity index (χ0v) is 8.08. The number of hydrogen-bond acceptors (Lipinski definition) is 3. The molecule has 0 amide bonds. The molecule has 1 heterocycles. The normalized spacial score (nSPS) is 19.6. The fourth-order valence-electron chi connectivity index (χ4n) is 1.84. The predicted octanol–water partition coefficient (Wildman–Crippen LogP) is 0.767. The summed E-state index contributed by atoms with van der Waals surface area (Å²) in [5, 5.41) is 4.15. The van der Waals surface area contributed by atoms with Gasteiger partial charge in [-0.2, -0.15) is 5.10 Å². The fraction of sp³-hybridized carbons (Fsp3) is 0.667. The van der Waals surface area contributed by atoms with Crippen molar-refractivity contribution in [3.63, 3.8) is 0 Å². The van der Waals surface area contributed by atoms with Crippen molar-refractivity contribution in [3.05, 3.63) is 11.8 Å². The van der Waals surface area contributed by atoms with Crippen molar-refractivity contribution in [2.45, 2.75) is 24.8 Å². The van der Waals surface area contributed by atoms with Crippen molar-refractivity contribution in [2.75, 3.05) is 7.11 Å². The van der Waals surface area contributed by atoms with Crippen molar-refractivity contribution in [1.82, 2.24) is 9.78 Å². The molecule has 2 N–H and O–H groups in total. The van der Waals surface area contributed by atoms with Gasteiger partial charge < -0.3 is 10.5 Å². The average molecular weight is 181 g/mol. The molecule has 13 heavy (non-hydrogen) atoms. The number of aryl methyl sites for hydroxylation is 1. The van der Waals surface area contributed by atoms with Gasteiger partial charge in [0.2, 0.25) is 5.88 Å². The summed E-state index contributed by atoms with van der Waals surface area (Å²) in [7, 11) is 3.52. The molecule has 72 valence electrons. The van der Waals surface area contributed by atoms with E-state index < -0.39 is 0 Å². The molecule has 0 unspecified atom stereocenters.